The second-order valence-corrected chi connectivity index (χ2v) is 2.95. The van der Waals surface area contributed by atoms with Crippen molar-refractivity contribution in [3.05, 3.63) is 24.4 Å². The number of hydrogen-bond acceptors (Lipinski definition) is 5. The van der Waals surface area contributed by atoms with Gasteiger partial charge in [-0.2, -0.15) is 4.98 Å². The first-order valence-electron chi connectivity index (χ1n) is 4.48. The van der Waals surface area contributed by atoms with E-state index in [9.17, 15) is 4.79 Å². The molecule has 0 atom stereocenters. The lowest BCUT2D eigenvalue weighted by atomic mass is 10.2. The Morgan fingerprint density at radius 2 is 2.19 bits per heavy atom. The Balaban J connectivity index is 2.55. The Bertz CT molecular complexity index is 542. The fraction of sp³-hybridized carbons (Fsp3) is 0.100. The van der Waals surface area contributed by atoms with Crippen molar-refractivity contribution in [3.63, 3.8) is 0 Å². The molecular formula is C10H9N3O3. The minimum Gasteiger partial charge on any atom is -0.481 e. The molecule has 2 N–H and O–H groups in total. The molecule has 6 nitrogen and oxygen atoms in total. The standard InChI is InChI=1S/C10H9N3O3/c1-15-8-3-2-6-7(16-10(11)14)4-5-12-9(6)13-8/h2-5H,1H3,(H2,11,14). The predicted octanol–water partition coefficient (Wildman–Crippen LogP) is 1.10. The second kappa shape index (κ2) is 4.01. The van der Waals surface area contributed by atoms with Gasteiger partial charge in [0.15, 0.2) is 5.65 Å². The molecule has 0 aliphatic carbocycles. The number of nitrogens with zero attached hydrogens (tertiary/aromatic N) is 2. The maximum absolute atomic E-state index is 10.7. The van der Waals surface area contributed by atoms with Crippen LogP contribution in [0.5, 0.6) is 11.6 Å². The molecule has 0 unspecified atom stereocenters. The minimum atomic E-state index is -0.872. The van der Waals surface area contributed by atoms with Crippen LogP contribution in [0.4, 0.5) is 4.79 Å². The topological polar surface area (TPSA) is 87.3 Å². The molecule has 0 aliphatic rings. The predicted molar refractivity (Wildman–Crippen MR) is 56.3 cm³/mol. The van der Waals surface area contributed by atoms with Crippen LogP contribution in [0.25, 0.3) is 11.0 Å². The quantitative estimate of drug-likeness (QED) is 0.816. The average molecular weight is 219 g/mol. The van der Waals surface area contributed by atoms with Crippen molar-refractivity contribution in [2.75, 3.05) is 7.11 Å². The number of primary amides is 1. The van der Waals surface area contributed by atoms with E-state index >= 15 is 0 Å². The van der Waals surface area contributed by atoms with Gasteiger partial charge < -0.3 is 15.2 Å². The zero-order chi connectivity index (χ0) is 11.5. The van der Waals surface area contributed by atoms with Gasteiger partial charge in [-0.05, 0) is 6.07 Å². The first kappa shape index (κ1) is 10.2. The van der Waals surface area contributed by atoms with Crippen LogP contribution in [0.15, 0.2) is 24.4 Å². The number of pyridine rings is 2. The maximum atomic E-state index is 10.7. The van der Waals surface area contributed by atoms with Gasteiger partial charge in [-0.3, -0.25) is 0 Å². The number of hydrogen-bond donors (Lipinski definition) is 1. The maximum Gasteiger partial charge on any atom is 0.409 e. The van der Waals surface area contributed by atoms with Gasteiger partial charge in [0.25, 0.3) is 0 Å². The summed E-state index contributed by atoms with van der Waals surface area (Å²) >= 11 is 0. The van der Waals surface area contributed by atoms with E-state index in [0.717, 1.165) is 0 Å². The Hall–Kier alpha value is -2.37. The number of ether oxygens (including phenoxy) is 2. The highest BCUT2D eigenvalue weighted by Crippen LogP contribution is 2.24. The fourth-order valence-corrected chi connectivity index (χ4v) is 1.30. The number of nitrogens with two attached hydrogens (primary N) is 1. The van der Waals surface area contributed by atoms with E-state index in [4.69, 9.17) is 15.2 Å². The molecule has 2 rings (SSSR count). The average Bonchev–Trinajstić information content (AvgIpc) is 2.28. The molecule has 0 bridgehead atoms. The Morgan fingerprint density at radius 1 is 1.38 bits per heavy atom. The smallest absolute Gasteiger partial charge is 0.409 e. The first-order valence-corrected chi connectivity index (χ1v) is 4.48. The number of carbonyl (C=O) groups is 1. The van der Waals surface area contributed by atoms with E-state index in [1.807, 2.05) is 0 Å². The molecule has 82 valence electrons. The zero-order valence-corrected chi connectivity index (χ0v) is 8.51. The van der Waals surface area contributed by atoms with Gasteiger partial charge in [0.1, 0.15) is 5.75 Å². The van der Waals surface area contributed by atoms with Gasteiger partial charge in [0, 0.05) is 18.3 Å². The Kier molecular flexibility index (Phi) is 2.55. The molecule has 2 heterocycles. The molecule has 2 aromatic heterocycles. The third-order valence-corrected chi connectivity index (χ3v) is 1.96. The zero-order valence-electron chi connectivity index (χ0n) is 8.51. The number of carbonyl (C=O) groups excluding carboxylic acids is 1. The van der Waals surface area contributed by atoms with E-state index in [1.165, 1.54) is 13.3 Å². The number of amides is 1. The van der Waals surface area contributed by atoms with E-state index in [2.05, 4.69) is 9.97 Å². The summed E-state index contributed by atoms with van der Waals surface area (Å²) in [5.41, 5.74) is 5.37. The highest BCUT2D eigenvalue weighted by atomic mass is 16.5. The molecule has 0 aromatic carbocycles. The summed E-state index contributed by atoms with van der Waals surface area (Å²) in [4.78, 5) is 18.8. The second-order valence-electron chi connectivity index (χ2n) is 2.95. The van der Waals surface area contributed by atoms with Crippen LogP contribution in [0.3, 0.4) is 0 Å². The summed E-state index contributed by atoms with van der Waals surface area (Å²) in [5.74, 6) is 0.767. The van der Waals surface area contributed by atoms with Crippen LogP contribution < -0.4 is 15.2 Å². The summed E-state index contributed by atoms with van der Waals surface area (Å²) < 4.78 is 9.78. The normalized spacial score (nSPS) is 10.1. The van der Waals surface area contributed by atoms with Crippen molar-refractivity contribution in [3.8, 4) is 11.6 Å². The summed E-state index contributed by atoms with van der Waals surface area (Å²) in [6, 6.07) is 4.89. The van der Waals surface area contributed by atoms with Crippen molar-refractivity contribution >= 4 is 17.1 Å². The van der Waals surface area contributed by atoms with Crippen LogP contribution in [-0.2, 0) is 0 Å². The van der Waals surface area contributed by atoms with Crippen LogP contribution in [-0.4, -0.2) is 23.2 Å². The van der Waals surface area contributed by atoms with E-state index in [0.29, 0.717) is 22.7 Å². The number of methoxy groups -OCH3 is 1. The van der Waals surface area contributed by atoms with E-state index in [-0.39, 0.29) is 0 Å². The largest absolute Gasteiger partial charge is 0.481 e. The van der Waals surface area contributed by atoms with Crippen molar-refractivity contribution in [1.82, 2.24) is 9.97 Å². The number of rotatable bonds is 2. The van der Waals surface area contributed by atoms with Crippen molar-refractivity contribution < 1.29 is 14.3 Å². The van der Waals surface area contributed by atoms with Gasteiger partial charge in [-0.15, -0.1) is 0 Å². The third-order valence-electron chi connectivity index (χ3n) is 1.96. The molecular weight excluding hydrogens is 210 g/mol. The number of fused-ring (bicyclic) bond motifs is 1. The molecule has 1 amide bonds. The van der Waals surface area contributed by atoms with E-state index in [1.54, 1.807) is 18.2 Å². The molecule has 16 heavy (non-hydrogen) atoms. The summed E-state index contributed by atoms with van der Waals surface area (Å²) in [6.07, 6.45) is 0.607. The molecule has 0 radical (unpaired) electrons. The molecule has 2 aromatic rings. The van der Waals surface area contributed by atoms with Gasteiger partial charge in [0.2, 0.25) is 5.88 Å². The van der Waals surface area contributed by atoms with Crippen LogP contribution in [0, 0.1) is 0 Å². The van der Waals surface area contributed by atoms with Crippen molar-refractivity contribution in [2.45, 2.75) is 0 Å². The van der Waals surface area contributed by atoms with Gasteiger partial charge in [-0.25, -0.2) is 9.78 Å². The number of aromatic nitrogens is 2. The van der Waals surface area contributed by atoms with Crippen LogP contribution >= 0.6 is 0 Å². The summed E-state index contributed by atoms with van der Waals surface area (Å²) in [7, 11) is 1.51. The third kappa shape index (κ3) is 1.85. The molecule has 0 fully saturated rings. The molecule has 0 saturated heterocycles. The molecule has 0 spiro atoms. The van der Waals surface area contributed by atoms with Crippen LogP contribution in [0.2, 0.25) is 0 Å². The lowest BCUT2D eigenvalue weighted by Gasteiger charge is -2.05. The lowest BCUT2D eigenvalue weighted by molar-refractivity contribution is 0.211. The monoisotopic (exact) mass is 219 g/mol. The minimum absolute atomic E-state index is 0.327. The highest BCUT2D eigenvalue weighted by molar-refractivity contribution is 5.84. The van der Waals surface area contributed by atoms with Crippen LogP contribution in [0.1, 0.15) is 0 Å². The summed E-state index contributed by atoms with van der Waals surface area (Å²) in [6.45, 7) is 0. The Labute approximate surface area is 91.0 Å². The SMILES string of the molecule is COc1ccc2c(OC(N)=O)ccnc2n1. The van der Waals surface area contributed by atoms with E-state index < -0.39 is 6.09 Å². The molecule has 6 heteroatoms. The molecule has 0 aliphatic heterocycles. The molecule has 0 saturated carbocycles. The summed E-state index contributed by atoms with van der Waals surface area (Å²) in [5, 5.41) is 0.599. The Morgan fingerprint density at radius 3 is 2.88 bits per heavy atom. The lowest BCUT2D eigenvalue weighted by Crippen LogP contribution is -2.16. The van der Waals surface area contributed by atoms with Gasteiger partial charge >= 0.3 is 6.09 Å². The van der Waals surface area contributed by atoms with Crippen molar-refractivity contribution in [2.24, 2.45) is 5.73 Å². The van der Waals surface area contributed by atoms with Crippen molar-refractivity contribution in [1.29, 1.82) is 0 Å². The van der Waals surface area contributed by atoms with Gasteiger partial charge in [-0.1, -0.05) is 0 Å². The fourth-order valence-electron chi connectivity index (χ4n) is 1.30. The first-order chi connectivity index (χ1) is 7.70. The highest BCUT2D eigenvalue weighted by Gasteiger charge is 2.07. The van der Waals surface area contributed by atoms with Gasteiger partial charge in [0.05, 0.1) is 12.5 Å².